The first-order valence-corrected chi connectivity index (χ1v) is 11.7. The second kappa shape index (κ2) is 8.71. The van der Waals surface area contributed by atoms with Gasteiger partial charge in [0.15, 0.2) is 5.65 Å². The number of nitrogens with one attached hydrogen (secondary N) is 1. The Kier molecular flexibility index (Phi) is 5.54. The summed E-state index contributed by atoms with van der Waals surface area (Å²) in [5.74, 6) is 1.24. The highest BCUT2D eigenvalue weighted by molar-refractivity contribution is 5.89. The summed E-state index contributed by atoms with van der Waals surface area (Å²) in [6.07, 6.45) is 0.142. The number of aliphatic hydroxyl groups is 1. The molecule has 0 bridgehead atoms. The zero-order valence-electron chi connectivity index (χ0n) is 18.6. The SMILES string of the molecule is O[C@H]1C[C@@H](Nc2nc(N3CC(N4CCOCC4)C3)c3cnn(-c4cccc(C(F)F)c4)c3n2)C1. The van der Waals surface area contributed by atoms with E-state index in [1.165, 1.54) is 12.1 Å². The van der Waals surface area contributed by atoms with Crippen molar-refractivity contribution in [3.05, 3.63) is 36.0 Å². The summed E-state index contributed by atoms with van der Waals surface area (Å²) < 4.78 is 33.7. The largest absolute Gasteiger partial charge is 0.393 e. The van der Waals surface area contributed by atoms with Gasteiger partial charge in [-0.3, -0.25) is 4.90 Å². The standard InChI is InChI=1S/C23H27F2N7O2/c24-20(25)14-2-1-3-16(8-14)32-22-19(11-26-32)21(28-23(29-22)27-15-9-18(33)10-15)31-12-17(13-31)30-4-6-34-7-5-30/h1-3,8,11,15,17-18,20,33H,4-7,9-10,12-13H2,(H,27,28,29)/t15-,18+. The summed E-state index contributed by atoms with van der Waals surface area (Å²) in [7, 11) is 0. The molecular formula is C23H27F2N7O2. The van der Waals surface area contributed by atoms with E-state index in [9.17, 15) is 13.9 Å². The molecule has 1 aliphatic carbocycles. The number of aromatic nitrogens is 4. The van der Waals surface area contributed by atoms with Gasteiger partial charge in [-0.1, -0.05) is 12.1 Å². The van der Waals surface area contributed by atoms with E-state index >= 15 is 0 Å². The van der Waals surface area contributed by atoms with Gasteiger partial charge in [-0.05, 0) is 25.0 Å². The number of morpholine rings is 1. The average Bonchev–Trinajstić information content (AvgIpc) is 3.22. The lowest BCUT2D eigenvalue weighted by molar-refractivity contribution is 0.0105. The number of hydrogen-bond donors (Lipinski definition) is 2. The van der Waals surface area contributed by atoms with Crippen LogP contribution < -0.4 is 10.2 Å². The van der Waals surface area contributed by atoms with E-state index in [-0.39, 0.29) is 17.7 Å². The normalized spacial score (nSPS) is 23.8. The smallest absolute Gasteiger partial charge is 0.263 e. The lowest BCUT2D eigenvalue weighted by atomic mass is 9.90. The minimum absolute atomic E-state index is 0.0617. The molecule has 34 heavy (non-hydrogen) atoms. The van der Waals surface area contributed by atoms with Gasteiger partial charge in [0.2, 0.25) is 5.95 Å². The van der Waals surface area contributed by atoms with E-state index < -0.39 is 6.43 Å². The van der Waals surface area contributed by atoms with E-state index in [0.717, 1.165) is 50.6 Å². The number of rotatable bonds is 6. The first-order chi connectivity index (χ1) is 16.5. The molecule has 180 valence electrons. The molecular weight excluding hydrogens is 444 g/mol. The predicted octanol–water partition coefficient (Wildman–Crippen LogP) is 2.21. The summed E-state index contributed by atoms with van der Waals surface area (Å²) in [5.41, 5.74) is 1.03. The van der Waals surface area contributed by atoms with Gasteiger partial charge >= 0.3 is 0 Å². The highest BCUT2D eigenvalue weighted by Crippen LogP contribution is 2.33. The summed E-state index contributed by atoms with van der Waals surface area (Å²) in [6.45, 7) is 5.10. The third kappa shape index (κ3) is 3.97. The van der Waals surface area contributed by atoms with Crippen LogP contribution in [0.25, 0.3) is 16.7 Å². The van der Waals surface area contributed by atoms with E-state index in [2.05, 4.69) is 20.2 Å². The molecule has 0 spiro atoms. The van der Waals surface area contributed by atoms with Crippen LogP contribution in [0.4, 0.5) is 20.5 Å². The van der Waals surface area contributed by atoms with Gasteiger partial charge in [0, 0.05) is 43.8 Å². The molecule has 2 aliphatic heterocycles. The average molecular weight is 472 g/mol. The number of halogens is 2. The molecule has 2 N–H and O–H groups in total. The Labute approximate surface area is 195 Å². The van der Waals surface area contributed by atoms with Crippen molar-refractivity contribution in [2.45, 2.75) is 37.5 Å². The van der Waals surface area contributed by atoms with Crippen molar-refractivity contribution >= 4 is 22.8 Å². The van der Waals surface area contributed by atoms with Crippen LogP contribution in [0.15, 0.2) is 30.5 Å². The number of ether oxygens (including phenoxy) is 1. The zero-order valence-corrected chi connectivity index (χ0v) is 18.6. The van der Waals surface area contributed by atoms with Gasteiger partial charge in [0.1, 0.15) is 5.82 Å². The van der Waals surface area contributed by atoms with Crippen LogP contribution in [0, 0.1) is 0 Å². The Morgan fingerprint density at radius 3 is 2.65 bits per heavy atom. The second-order valence-electron chi connectivity index (χ2n) is 9.23. The van der Waals surface area contributed by atoms with E-state index in [1.54, 1.807) is 23.0 Å². The van der Waals surface area contributed by atoms with Crippen LogP contribution in [0.1, 0.15) is 24.8 Å². The Hall–Kier alpha value is -2.89. The molecule has 9 nitrogen and oxygen atoms in total. The molecule has 6 rings (SSSR count). The van der Waals surface area contributed by atoms with Gasteiger partial charge in [0.05, 0.1) is 36.6 Å². The molecule has 4 heterocycles. The van der Waals surface area contributed by atoms with Crippen molar-refractivity contribution in [1.82, 2.24) is 24.6 Å². The number of nitrogens with zero attached hydrogens (tertiary/aromatic N) is 6. The lowest BCUT2D eigenvalue weighted by Crippen LogP contribution is -2.61. The highest BCUT2D eigenvalue weighted by atomic mass is 19.3. The third-order valence-electron chi connectivity index (χ3n) is 6.95. The van der Waals surface area contributed by atoms with Gasteiger partial charge in [-0.2, -0.15) is 15.1 Å². The number of alkyl halides is 2. The molecule has 1 aromatic carbocycles. The monoisotopic (exact) mass is 471 g/mol. The maximum atomic E-state index is 13.3. The van der Waals surface area contributed by atoms with Crippen LogP contribution in [0.2, 0.25) is 0 Å². The van der Waals surface area contributed by atoms with E-state index in [0.29, 0.717) is 36.2 Å². The topological polar surface area (TPSA) is 91.6 Å². The zero-order chi connectivity index (χ0) is 23.2. The fourth-order valence-electron chi connectivity index (χ4n) is 4.87. The van der Waals surface area contributed by atoms with Gasteiger partial charge in [-0.15, -0.1) is 0 Å². The molecule has 3 aliphatic rings. The van der Waals surface area contributed by atoms with Gasteiger partial charge in [-0.25, -0.2) is 13.5 Å². The van der Waals surface area contributed by atoms with E-state index in [4.69, 9.17) is 14.7 Å². The maximum absolute atomic E-state index is 13.3. The molecule has 0 amide bonds. The molecule has 3 fully saturated rings. The predicted molar refractivity (Wildman–Crippen MR) is 123 cm³/mol. The first-order valence-electron chi connectivity index (χ1n) is 11.7. The van der Waals surface area contributed by atoms with Crippen LogP contribution in [0.5, 0.6) is 0 Å². The van der Waals surface area contributed by atoms with Crippen molar-refractivity contribution in [3.8, 4) is 5.69 Å². The van der Waals surface area contributed by atoms with Crippen LogP contribution in [-0.4, -0.2) is 87.3 Å². The number of fused-ring (bicyclic) bond motifs is 1. The maximum Gasteiger partial charge on any atom is 0.263 e. The first kappa shape index (κ1) is 21.6. The Morgan fingerprint density at radius 2 is 1.91 bits per heavy atom. The Morgan fingerprint density at radius 1 is 1.12 bits per heavy atom. The molecule has 0 atom stereocenters. The fraction of sp³-hybridized carbons (Fsp3) is 0.522. The summed E-state index contributed by atoms with van der Waals surface area (Å²) >= 11 is 0. The van der Waals surface area contributed by atoms with Crippen molar-refractivity contribution < 1.29 is 18.6 Å². The minimum Gasteiger partial charge on any atom is -0.393 e. The van der Waals surface area contributed by atoms with Crippen molar-refractivity contribution in [1.29, 1.82) is 0 Å². The second-order valence-corrected chi connectivity index (χ2v) is 9.23. The van der Waals surface area contributed by atoms with Crippen LogP contribution in [0.3, 0.4) is 0 Å². The summed E-state index contributed by atoms with van der Waals surface area (Å²) in [6, 6.07) is 6.74. The fourth-order valence-corrected chi connectivity index (χ4v) is 4.87. The number of anilines is 2. The third-order valence-corrected chi connectivity index (χ3v) is 6.95. The lowest BCUT2D eigenvalue weighted by Gasteiger charge is -2.47. The quantitative estimate of drug-likeness (QED) is 0.566. The highest BCUT2D eigenvalue weighted by Gasteiger charge is 2.35. The van der Waals surface area contributed by atoms with Gasteiger partial charge in [0.25, 0.3) is 6.43 Å². The molecule has 1 saturated carbocycles. The minimum atomic E-state index is -2.56. The van der Waals surface area contributed by atoms with Crippen molar-refractivity contribution in [3.63, 3.8) is 0 Å². The summed E-state index contributed by atoms with van der Waals surface area (Å²) in [5, 5.41) is 18.3. The van der Waals surface area contributed by atoms with Gasteiger partial charge < -0.3 is 20.1 Å². The van der Waals surface area contributed by atoms with Crippen molar-refractivity contribution in [2.75, 3.05) is 49.6 Å². The molecule has 0 unspecified atom stereocenters. The number of hydrogen-bond acceptors (Lipinski definition) is 8. The number of aliphatic hydroxyl groups excluding tert-OH is 1. The van der Waals surface area contributed by atoms with Crippen molar-refractivity contribution in [2.24, 2.45) is 0 Å². The molecule has 2 saturated heterocycles. The van der Waals surface area contributed by atoms with Crippen LogP contribution >= 0.6 is 0 Å². The summed E-state index contributed by atoms with van der Waals surface area (Å²) in [4.78, 5) is 14.2. The number of benzene rings is 1. The van der Waals surface area contributed by atoms with Crippen LogP contribution in [-0.2, 0) is 4.74 Å². The molecule has 0 radical (unpaired) electrons. The molecule has 11 heteroatoms. The molecule has 3 aromatic rings. The van der Waals surface area contributed by atoms with E-state index in [1.807, 2.05) is 0 Å². The Bertz CT molecular complexity index is 1170. The Balaban J connectivity index is 1.34. The molecule has 2 aromatic heterocycles.